The lowest BCUT2D eigenvalue weighted by Crippen LogP contribution is -2.24. The van der Waals surface area contributed by atoms with E-state index in [2.05, 4.69) is 11.3 Å². The topological polar surface area (TPSA) is 55.4 Å². The fourth-order valence-corrected chi connectivity index (χ4v) is 2.31. The zero-order chi connectivity index (χ0) is 12.9. The SMILES string of the molecule is C=C(Cl)CNS(=O)(=O)c1ccc(OCC)cc1. The number of sulfonamides is 1. The second-order valence-corrected chi connectivity index (χ2v) is 5.55. The summed E-state index contributed by atoms with van der Waals surface area (Å²) in [7, 11) is -3.54. The van der Waals surface area contributed by atoms with Crippen molar-refractivity contribution in [3.05, 3.63) is 35.9 Å². The molecule has 1 N–H and O–H groups in total. The lowest BCUT2D eigenvalue weighted by molar-refractivity contribution is 0.340. The van der Waals surface area contributed by atoms with Gasteiger partial charge in [-0.3, -0.25) is 0 Å². The second-order valence-electron chi connectivity index (χ2n) is 3.25. The lowest BCUT2D eigenvalue weighted by atomic mass is 10.3. The monoisotopic (exact) mass is 275 g/mol. The minimum Gasteiger partial charge on any atom is -0.494 e. The average molecular weight is 276 g/mol. The number of hydrogen-bond acceptors (Lipinski definition) is 3. The molecular weight excluding hydrogens is 262 g/mol. The maximum absolute atomic E-state index is 11.8. The first-order valence-corrected chi connectivity index (χ1v) is 6.87. The van der Waals surface area contributed by atoms with Crippen LogP contribution in [0.1, 0.15) is 6.92 Å². The van der Waals surface area contributed by atoms with Crippen LogP contribution in [0.5, 0.6) is 5.75 Å². The Morgan fingerprint density at radius 2 is 2.00 bits per heavy atom. The van der Waals surface area contributed by atoms with Gasteiger partial charge in [-0.2, -0.15) is 0 Å². The first kappa shape index (κ1) is 14.0. The molecule has 0 spiro atoms. The van der Waals surface area contributed by atoms with Crippen LogP contribution >= 0.6 is 11.6 Å². The van der Waals surface area contributed by atoms with Crippen LogP contribution in [0.2, 0.25) is 0 Å². The van der Waals surface area contributed by atoms with Crippen LogP contribution in [0.25, 0.3) is 0 Å². The van der Waals surface area contributed by atoms with Crippen LogP contribution in [0.4, 0.5) is 0 Å². The Bertz CT molecular complexity index is 482. The quantitative estimate of drug-likeness (QED) is 0.865. The van der Waals surface area contributed by atoms with E-state index in [1.807, 2.05) is 6.92 Å². The Labute approximate surface area is 106 Å². The van der Waals surface area contributed by atoms with Crippen molar-refractivity contribution in [3.8, 4) is 5.75 Å². The zero-order valence-corrected chi connectivity index (χ0v) is 11.0. The summed E-state index contributed by atoms with van der Waals surface area (Å²) in [6.07, 6.45) is 0. The van der Waals surface area contributed by atoms with Gasteiger partial charge in [0.15, 0.2) is 0 Å². The highest BCUT2D eigenvalue weighted by Crippen LogP contribution is 2.15. The molecule has 0 heterocycles. The maximum Gasteiger partial charge on any atom is 0.240 e. The van der Waals surface area contributed by atoms with Crippen molar-refractivity contribution in [3.63, 3.8) is 0 Å². The molecule has 0 amide bonds. The van der Waals surface area contributed by atoms with Crippen molar-refractivity contribution in [2.75, 3.05) is 13.2 Å². The Balaban J connectivity index is 2.81. The molecule has 0 atom stereocenters. The van der Waals surface area contributed by atoms with E-state index in [1.165, 1.54) is 12.1 Å². The molecule has 0 fully saturated rings. The summed E-state index contributed by atoms with van der Waals surface area (Å²) < 4.78 is 31.1. The molecule has 0 saturated heterocycles. The van der Waals surface area contributed by atoms with Gasteiger partial charge in [-0.05, 0) is 31.2 Å². The van der Waals surface area contributed by atoms with Gasteiger partial charge in [0.1, 0.15) is 5.75 Å². The van der Waals surface area contributed by atoms with E-state index in [1.54, 1.807) is 12.1 Å². The number of rotatable bonds is 6. The number of nitrogens with one attached hydrogen (secondary N) is 1. The van der Waals surface area contributed by atoms with Crippen molar-refractivity contribution >= 4 is 21.6 Å². The predicted molar refractivity (Wildman–Crippen MR) is 67.8 cm³/mol. The van der Waals surface area contributed by atoms with Crippen molar-refractivity contribution in [2.24, 2.45) is 0 Å². The second kappa shape index (κ2) is 6.05. The van der Waals surface area contributed by atoms with Gasteiger partial charge in [0.05, 0.1) is 11.5 Å². The highest BCUT2D eigenvalue weighted by molar-refractivity contribution is 7.89. The highest BCUT2D eigenvalue weighted by atomic mass is 35.5. The van der Waals surface area contributed by atoms with Crippen LogP contribution < -0.4 is 9.46 Å². The van der Waals surface area contributed by atoms with E-state index < -0.39 is 10.0 Å². The molecule has 94 valence electrons. The largest absolute Gasteiger partial charge is 0.494 e. The summed E-state index contributed by atoms with van der Waals surface area (Å²) in [5.74, 6) is 0.633. The van der Waals surface area contributed by atoms with Crippen LogP contribution in [0.3, 0.4) is 0 Å². The third kappa shape index (κ3) is 4.38. The molecular formula is C11H14ClNO3S. The van der Waals surface area contributed by atoms with Crippen molar-refractivity contribution in [2.45, 2.75) is 11.8 Å². The third-order valence-electron chi connectivity index (χ3n) is 1.90. The molecule has 0 unspecified atom stereocenters. The standard InChI is InChI=1S/C11H14ClNO3S/c1-3-16-10-4-6-11(7-5-10)17(14,15)13-8-9(2)12/h4-7,13H,2-3,8H2,1H3. The van der Waals surface area contributed by atoms with Gasteiger partial charge in [0.2, 0.25) is 10.0 Å². The van der Waals surface area contributed by atoms with Gasteiger partial charge in [-0.15, -0.1) is 0 Å². The number of benzene rings is 1. The fraction of sp³-hybridized carbons (Fsp3) is 0.273. The minimum absolute atomic E-state index is 0.0110. The van der Waals surface area contributed by atoms with Crippen molar-refractivity contribution < 1.29 is 13.2 Å². The first-order valence-electron chi connectivity index (χ1n) is 5.01. The van der Waals surface area contributed by atoms with Gasteiger partial charge < -0.3 is 4.74 Å². The Morgan fingerprint density at radius 3 is 2.47 bits per heavy atom. The molecule has 0 radical (unpaired) electrons. The average Bonchev–Trinajstić information content (AvgIpc) is 2.28. The van der Waals surface area contributed by atoms with Gasteiger partial charge in [0, 0.05) is 11.6 Å². The van der Waals surface area contributed by atoms with Crippen LogP contribution in [-0.2, 0) is 10.0 Å². The predicted octanol–water partition coefficient (Wildman–Crippen LogP) is 2.12. The smallest absolute Gasteiger partial charge is 0.240 e. The van der Waals surface area contributed by atoms with Crippen LogP contribution in [0, 0.1) is 0 Å². The van der Waals surface area contributed by atoms with Gasteiger partial charge in [-0.1, -0.05) is 18.2 Å². The normalized spacial score (nSPS) is 11.2. The van der Waals surface area contributed by atoms with E-state index in [4.69, 9.17) is 16.3 Å². The minimum atomic E-state index is -3.54. The molecule has 0 aliphatic carbocycles. The molecule has 0 aliphatic rings. The summed E-state index contributed by atoms with van der Waals surface area (Å²) in [6, 6.07) is 6.16. The summed E-state index contributed by atoms with van der Waals surface area (Å²) in [5.41, 5.74) is 0. The lowest BCUT2D eigenvalue weighted by Gasteiger charge is -2.07. The summed E-state index contributed by atoms with van der Waals surface area (Å²) in [5, 5.41) is 0.236. The molecule has 4 nitrogen and oxygen atoms in total. The molecule has 1 aromatic carbocycles. The first-order chi connectivity index (χ1) is 7.95. The van der Waals surface area contributed by atoms with E-state index in [-0.39, 0.29) is 16.5 Å². The van der Waals surface area contributed by atoms with Gasteiger partial charge >= 0.3 is 0 Å². The van der Waals surface area contributed by atoms with E-state index >= 15 is 0 Å². The molecule has 0 aliphatic heterocycles. The maximum atomic E-state index is 11.8. The number of ether oxygens (including phenoxy) is 1. The molecule has 1 rings (SSSR count). The summed E-state index contributed by atoms with van der Waals surface area (Å²) in [4.78, 5) is 0.166. The summed E-state index contributed by atoms with van der Waals surface area (Å²) >= 11 is 5.50. The molecule has 17 heavy (non-hydrogen) atoms. The fourth-order valence-electron chi connectivity index (χ4n) is 1.14. The Hall–Kier alpha value is -1.04. The summed E-state index contributed by atoms with van der Waals surface area (Å²) in [6.45, 7) is 5.82. The number of halogens is 1. The van der Waals surface area contributed by atoms with E-state index in [0.717, 1.165) is 0 Å². The van der Waals surface area contributed by atoms with Gasteiger partial charge in [0.25, 0.3) is 0 Å². The molecule has 0 bridgehead atoms. The van der Waals surface area contributed by atoms with Crippen molar-refractivity contribution in [1.82, 2.24) is 4.72 Å². The van der Waals surface area contributed by atoms with Crippen molar-refractivity contribution in [1.29, 1.82) is 0 Å². The van der Waals surface area contributed by atoms with Crippen LogP contribution in [-0.4, -0.2) is 21.6 Å². The molecule has 0 aromatic heterocycles. The van der Waals surface area contributed by atoms with Gasteiger partial charge in [-0.25, -0.2) is 13.1 Å². The highest BCUT2D eigenvalue weighted by Gasteiger charge is 2.13. The number of hydrogen-bond donors (Lipinski definition) is 1. The Kier molecular flexibility index (Phi) is 4.99. The molecule has 0 saturated carbocycles. The van der Waals surface area contributed by atoms with Crippen LogP contribution in [0.15, 0.2) is 40.8 Å². The molecule has 1 aromatic rings. The Morgan fingerprint density at radius 1 is 1.41 bits per heavy atom. The third-order valence-corrected chi connectivity index (χ3v) is 3.45. The van der Waals surface area contributed by atoms with E-state index in [0.29, 0.717) is 12.4 Å². The zero-order valence-electron chi connectivity index (χ0n) is 9.44. The molecule has 6 heteroatoms. The van der Waals surface area contributed by atoms with E-state index in [9.17, 15) is 8.42 Å².